The van der Waals surface area contributed by atoms with Gasteiger partial charge in [-0.2, -0.15) is 0 Å². The maximum absolute atomic E-state index is 2.44. The van der Waals surface area contributed by atoms with E-state index in [4.69, 9.17) is 0 Å². The lowest BCUT2D eigenvalue weighted by Gasteiger charge is -2.05. The number of hydrogen-bond donors (Lipinski definition) is 0. The van der Waals surface area contributed by atoms with Crippen molar-refractivity contribution in [2.75, 3.05) is 0 Å². The van der Waals surface area contributed by atoms with Crippen LogP contribution in [0.15, 0.2) is 30.3 Å². The smallest absolute Gasteiger partial charge is 0.00764 e. The Kier molecular flexibility index (Phi) is 3.64. The highest BCUT2D eigenvalue weighted by atomic mass is 127. The second-order valence-electron chi connectivity index (χ2n) is 2.24. The molecule has 0 radical (unpaired) electrons. The van der Waals surface area contributed by atoms with Gasteiger partial charge in [-0.15, -0.1) is 0 Å². The summed E-state index contributed by atoms with van der Waals surface area (Å²) in [5.74, 6) is 0. The van der Waals surface area contributed by atoms with Crippen LogP contribution in [0.3, 0.4) is 0 Å². The molecular weight excluding hydrogens is 254 g/mol. The molecule has 0 bridgehead atoms. The summed E-state index contributed by atoms with van der Waals surface area (Å²) in [7, 11) is 0. The van der Waals surface area contributed by atoms with Crippen LogP contribution in [-0.2, 0) is 0 Å². The van der Waals surface area contributed by atoms with Crippen molar-refractivity contribution < 1.29 is 0 Å². The first-order valence-electron chi connectivity index (χ1n) is 3.25. The Morgan fingerprint density at radius 2 is 1.90 bits per heavy atom. The second-order valence-corrected chi connectivity index (χ2v) is 5.19. The SMILES string of the molecule is CC(PI)c1ccccc1. The van der Waals surface area contributed by atoms with Gasteiger partial charge in [-0.3, -0.25) is 0 Å². The van der Waals surface area contributed by atoms with E-state index in [9.17, 15) is 0 Å². The van der Waals surface area contributed by atoms with Crippen LogP contribution in [0.2, 0.25) is 0 Å². The normalized spacial score (nSPS) is 14.2. The molecule has 0 saturated heterocycles. The molecule has 2 heteroatoms. The molecule has 0 spiro atoms. The lowest BCUT2D eigenvalue weighted by Crippen LogP contribution is -1.81. The van der Waals surface area contributed by atoms with Gasteiger partial charge in [0, 0.05) is 5.66 Å². The van der Waals surface area contributed by atoms with E-state index in [0.29, 0.717) is 0 Å². The predicted molar refractivity (Wildman–Crippen MR) is 57.2 cm³/mol. The van der Waals surface area contributed by atoms with Gasteiger partial charge >= 0.3 is 0 Å². The highest BCUT2D eigenvalue weighted by molar-refractivity contribution is 14.2. The summed E-state index contributed by atoms with van der Waals surface area (Å²) in [5, 5.41) is 0. The average Bonchev–Trinajstić information content (AvgIpc) is 2.05. The summed E-state index contributed by atoms with van der Waals surface area (Å²) in [6.07, 6.45) is 0.979. The minimum Gasteiger partial charge on any atom is -0.0622 e. The molecule has 0 fully saturated rings. The topological polar surface area (TPSA) is 0 Å². The van der Waals surface area contributed by atoms with Crippen LogP contribution in [0, 0.1) is 0 Å². The summed E-state index contributed by atoms with van der Waals surface area (Å²) in [6, 6.07) is 10.6. The monoisotopic (exact) mass is 264 g/mol. The van der Waals surface area contributed by atoms with Gasteiger partial charge in [0.15, 0.2) is 0 Å². The third-order valence-electron chi connectivity index (χ3n) is 1.46. The molecule has 0 nitrogen and oxygen atoms in total. The first-order chi connectivity index (χ1) is 4.84. The molecule has 0 aromatic heterocycles. The van der Waals surface area contributed by atoms with Gasteiger partial charge in [0.05, 0.1) is 0 Å². The van der Waals surface area contributed by atoms with Crippen molar-refractivity contribution in [1.29, 1.82) is 0 Å². The molecule has 54 valence electrons. The maximum Gasteiger partial charge on any atom is 0.00764 e. The van der Waals surface area contributed by atoms with Crippen molar-refractivity contribution in [3.05, 3.63) is 35.9 Å². The quantitative estimate of drug-likeness (QED) is 0.563. The van der Waals surface area contributed by atoms with E-state index in [2.05, 4.69) is 59.3 Å². The Morgan fingerprint density at radius 3 is 2.40 bits per heavy atom. The van der Waals surface area contributed by atoms with Crippen LogP contribution in [-0.4, -0.2) is 0 Å². The first kappa shape index (κ1) is 8.48. The van der Waals surface area contributed by atoms with Crippen molar-refractivity contribution in [2.24, 2.45) is 0 Å². The maximum atomic E-state index is 2.44. The van der Waals surface area contributed by atoms with Gasteiger partial charge in [0.2, 0.25) is 0 Å². The molecule has 2 atom stereocenters. The van der Waals surface area contributed by atoms with Crippen molar-refractivity contribution in [1.82, 2.24) is 0 Å². The Balaban J connectivity index is 2.75. The van der Waals surface area contributed by atoms with Crippen LogP contribution in [0.1, 0.15) is 18.1 Å². The molecule has 0 N–H and O–H groups in total. The Labute approximate surface area is 76.7 Å². The van der Waals surface area contributed by atoms with Crippen LogP contribution in [0.5, 0.6) is 0 Å². The van der Waals surface area contributed by atoms with E-state index in [1.807, 2.05) is 0 Å². The zero-order valence-electron chi connectivity index (χ0n) is 5.84. The largest absolute Gasteiger partial charge is 0.0622 e. The zero-order chi connectivity index (χ0) is 7.40. The minimum atomic E-state index is 0.724. The number of benzene rings is 1. The van der Waals surface area contributed by atoms with Crippen molar-refractivity contribution in [3.63, 3.8) is 0 Å². The molecule has 0 saturated carbocycles. The van der Waals surface area contributed by atoms with Crippen LogP contribution in [0.4, 0.5) is 0 Å². The van der Waals surface area contributed by atoms with Gasteiger partial charge < -0.3 is 0 Å². The molecule has 0 heterocycles. The Hall–Kier alpha value is 0.380. The number of hydrogen-bond acceptors (Lipinski definition) is 0. The van der Waals surface area contributed by atoms with Gasteiger partial charge in [-0.05, 0) is 11.8 Å². The predicted octanol–water partition coefficient (Wildman–Crippen LogP) is 3.78. The van der Waals surface area contributed by atoms with E-state index in [1.165, 1.54) is 5.56 Å². The van der Waals surface area contributed by atoms with Crippen LogP contribution in [0.25, 0.3) is 0 Å². The van der Waals surface area contributed by atoms with E-state index >= 15 is 0 Å². The fourth-order valence-corrected chi connectivity index (χ4v) is 2.20. The van der Waals surface area contributed by atoms with Gasteiger partial charge in [-0.25, -0.2) is 0 Å². The molecule has 1 rings (SSSR count). The molecule has 1 aromatic rings. The van der Waals surface area contributed by atoms with Gasteiger partial charge in [0.25, 0.3) is 0 Å². The summed E-state index contributed by atoms with van der Waals surface area (Å²) in [5.41, 5.74) is 2.18. The first-order valence-corrected chi connectivity index (χ1v) is 7.45. The van der Waals surface area contributed by atoms with Gasteiger partial charge in [-0.1, -0.05) is 59.3 Å². The van der Waals surface area contributed by atoms with E-state index < -0.39 is 0 Å². The van der Waals surface area contributed by atoms with Crippen LogP contribution >= 0.6 is 28.3 Å². The number of halogens is 1. The van der Waals surface area contributed by atoms with Crippen molar-refractivity contribution >= 4 is 28.3 Å². The average molecular weight is 264 g/mol. The molecular formula is C8H10IP. The third-order valence-corrected chi connectivity index (χ3v) is 4.93. The summed E-state index contributed by atoms with van der Waals surface area (Å²) >= 11 is 2.44. The van der Waals surface area contributed by atoms with Crippen molar-refractivity contribution in [3.8, 4) is 0 Å². The fraction of sp³-hybridized carbons (Fsp3) is 0.250. The van der Waals surface area contributed by atoms with E-state index in [1.54, 1.807) is 0 Å². The summed E-state index contributed by atoms with van der Waals surface area (Å²) in [4.78, 5) is 0. The fourth-order valence-electron chi connectivity index (χ4n) is 0.805. The summed E-state index contributed by atoms with van der Waals surface area (Å²) < 4.78 is 0. The van der Waals surface area contributed by atoms with E-state index in [-0.39, 0.29) is 0 Å². The molecule has 0 amide bonds. The third kappa shape index (κ3) is 2.21. The highest BCUT2D eigenvalue weighted by Crippen LogP contribution is 2.39. The Morgan fingerprint density at radius 1 is 1.30 bits per heavy atom. The molecule has 10 heavy (non-hydrogen) atoms. The lowest BCUT2D eigenvalue weighted by atomic mass is 10.2. The Bertz CT molecular complexity index is 186. The molecule has 2 unspecified atom stereocenters. The van der Waals surface area contributed by atoms with Crippen molar-refractivity contribution in [2.45, 2.75) is 12.6 Å². The molecule has 0 aliphatic heterocycles. The van der Waals surface area contributed by atoms with E-state index in [0.717, 1.165) is 11.9 Å². The lowest BCUT2D eigenvalue weighted by molar-refractivity contribution is 1.10. The molecule has 1 aromatic carbocycles. The highest BCUT2D eigenvalue weighted by Gasteiger charge is 1.99. The second kappa shape index (κ2) is 4.30. The standard InChI is InChI=1S/C8H10IP/c1-7(10-9)8-5-3-2-4-6-8/h2-7,10H,1H3. The molecule has 0 aliphatic rings. The summed E-state index contributed by atoms with van der Waals surface area (Å²) in [6.45, 7) is 2.26. The van der Waals surface area contributed by atoms with Crippen LogP contribution < -0.4 is 0 Å². The molecule has 0 aliphatic carbocycles. The zero-order valence-corrected chi connectivity index (χ0v) is 9.00. The number of rotatable bonds is 2. The van der Waals surface area contributed by atoms with Gasteiger partial charge in [0.1, 0.15) is 0 Å². The minimum absolute atomic E-state index is 0.724.